The summed E-state index contributed by atoms with van der Waals surface area (Å²) in [5.74, 6) is 0. The minimum Gasteiger partial charge on any atom is -0.379 e. The maximum Gasteiger partial charge on any atom is 0.106 e. The fraction of sp³-hybridized carbons (Fsp3) is 0.545. The summed E-state index contributed by atoms with van der Waals surface area (Å²) < 4.78 is 5.09. The molecule has 0 saturated heterocycles. The van der Waals surface area contributed by atoms with Crippen LogP contribution in [0.5, 0.6) is 0 Å². The molecule has 0 saturated carbocycles. The van der Waals surface area contributed by atoms with E-state index in [1.807, 2.05) is 25.1 Å². The van der Waals surface area contributed by atoms with Gasteiger partial charge in [-0.3, -0.25) is 4.98 Å². The molecule has 77 valence electrons. The van der Waals surface area contributed by atoms with Gasteiger partial charge in [0.15, 0.2) is 0 Å². The highest BCUT2D eigenvalue weighted by Crippen LogP contribution is 2.01. The molecule has 0 atom stereocenters. The predicted octanol–water partition coefficient (Wildman–Crippen LogP) is 1.77. The van der Waals surface area contributed by atoms with E-state index in [2.05, 4.69) is 4.98 Å². The Labute approximate surface area is 84.7 Å². The van der Waals surface area contributed by atoms with Crippen LogP contribution in [-0.2, 0) is 16.3 Å². The largest absolute Gasteiger partial charge is 0.379 e. The van der Waals surface area contributed by atoms with Crippen molar-refractivity contribution < 1.29 is 9.84 Å². The molecule has 1 radical (unpaired) electrons. The van der Waals surface area contributed by atoms with Crippen LogP contribution in [-0.4, -0.2) is 24.8 Å². The predicted molar refractivity (Wildman–Crippen MR) is 53.7 cm³/mol. The van der Waals surface area contributed by atoms with Crippen molar-refractivity contribution in [2.75, 3.05) is 19.8 Å². The van der Waals surface area contributed by atoms with Crippen molar-refractivity contribution in [3.8, 4) is 0 Å². The van der Waals surface area contributed by atoms with Gasteiger partial charge in [0.25, 0.3) is 0 Å². The fourth-order valence-electron chi connectivity index (χ4n) is 1.26. The Morgan fingerprint density at radius 3 is 2.93 bits per heavy atom. The van der Waals surface area contributed by atoms with Gasteiger partial charge in [0.2, 0.25) is 0 Å². The lowest BCUT2D eigenvalue weighted by molar-refractivity contribution is 0.0627. The molecule has 0 spiro atoms. The average Bonchev–Trinajstić information content (AvgIpc) is 2.18. The molecule has 0 fully saturated rings. The Morgan fingerprint density at radius 1 is 1.36 bits per heavy atom. The fourth-order valence-corrected chi connectivity index (χ4v) is 1.26. The number of hydrogen-bond donors (Lipinski definition) is 0. The molecule has 0 aliphatic heterocycles. The molecular weight excluding hydrogens is 178 g/mol. The molecular formula is C11H16NO2. The highest BCUT2D eigenvalue weighted by atomic mass is 16.5. The highest BCUT2D eigenvalue weighted by Gasteiger charge is 1.95. The minimum absolute atomic E-state index is 0.150. The molecule has 3 nitrogen and oxygen atoms in total. The SMILES string of the molecule is Cc1cccc(CCCOCC[O])n1. The third-order valence-corrected chi connectivity index (χ3v) is 1.90. The topological polar surface area (TPSA) is 42.0 Å². The number of rotatable bonds is 6. The van der Waals surface area contributed by atoms with Gasteiger partial charge in [-0.15, -0.1) is 0 Å². The highest BCUT2D eigenvalue weighted by molar-refractivity contribution is 5.09. The van der Waals surface area contributed by atoms with Crippen molar-refractivity contribution in [1.82, 2.24) is 4.98 Å². The van der Waals surface area contributed by atoms with E-state index in [1.54, 1.807) is 0 Å². The van der Waals surface area contributed by atoms with Crippen molar-refractivity contribution >= 4 is 0 Å². The smallest absolute Gasteiger partial charge is 0.106 e. The zero-order valence-corrected chi connectivity index (χ0v) is 8.53. The Balaban J connectivity index is 2.18. The van der Waals surface area contributed by atoms with Crippen LogP contribution in [0.2, 0.25) is 0 Å². The summed E-state index contributed by atoms with van der Waals surface area (Å²) in [6, 6.07) is 6.01. The summed E-state index contributed by atoms with van der Waals surface area (Å²) in [6.07, 6.45) is 1.84. The van der Waals surface area contributed by atoms with Crippen molar-refractivity contribution in [2.24, 2.45) is 0 Å². The lowest BCUT2D eigenvalue weighted by Gasteiger charge is -2.02. The molecule has 1 rings (SSSR count). The van der Waals surface area contributed by atoms with Crippen molar-refractivity contribution in [3.63, 3.8) is 0 Å². The molecule has 0 aliphatic rings. The van der Waals surface area contributed by atoms with E-state index in [1.165, 1.54) is 0 Å². The molecule has 1 heterocycles. The van der Waals surface area contributed by atoms with Gasteiger partial charge < -0.3 is 4.74 Å². The number of nitrogens with zero attached hydrogens (tertiary/aromatic N) is 1. The van der Waals surface area contributed by atoms with E-state index in [4.69, 9.17) is 4.74 Å². The van der Waals surface area contributed by atoms with Crippen LogP contribution in [0.4, 0.5) is 0 Å². The zero-order chi connectivity index (χ0) is 10.2. The van der Waals surface area contributed by atoms with Crippen molar-refractivity contribution in [3.05, 3.63) is 29.6 Å². The monoisotopic (exact) mass is 194 g/mol. The first-order valence-corrected chi connectivity index (χ1v) is 4.91. The number of aryl methyl sites for hydroxylation is 2. The quantitative estimate of drug-likeness (QED) is 0.648. The van der Waals surface area contributed by atoms with E-state index >= 15 is 0 Å². The van der Waals surface area contributed by atoms with Gasteiger partial charge in [-0.1, -0.05) is 6.07 Å². The second kappa shape index (κ2) is 6.51. The van der Waals surface area contributed by atoms with Crippen LogP contribution in [0.1, 0.15) is 17.8 Å². The zero-order valence-electron chi connectivity index (χ0n) is 8.53. The summed E-state index contributed by atoms with van der Waals surface area (Å²) in [4.78, 5) is 4.37. The van der Waals surface area contributed by atoms with Crippen LogP contribution < -0.4 is 0 Å². The lowest BCUT2D eigenvalue weighted by Crippen LogP contribution is -2.02. The van der Waals surface area contributed by atoms with E-state index in [0.29, 0.717) is 13.2 Å². The Kier molecular flexibility index (Phi) is 5.19. The first-order chi connectivity index (χ1) is 6.83. The maximum atomic E-state index is 10.1. The second-order valence-electron chi connectivity index (χ2n) is 3.19. The van der Waals surface area contributed by atoms with Crippen LogP contribution in [0.25, 0.3) is 0 Å². The van der Waals surface area contributed by atoms with Crippen LogP contribution in [0, 0.1) is 6.92 Å². The summed E-state index contributed by atoms with van der Waals surface area (Å²) in [6.45, 7) is 2.80. The van der Waals surface area contributed by atoms with Gasteiger partial charge in [0.05, 0.1) is 6.61 Å². The summed E-state index contributed by atoms with van der Waals surface area (Å²) in [5.41, 5.74) is 2.14. The van der Waals surface area contributed by atoms with E-state index in [-0.39, 0.29) is 6.61 Å². The number of pyridine rings is 1. The standard InChI is InChI=1S/C11H16NO2/c1-10-4-2-5-11(12-10)6-3-8-14-9-7-13/h2,4-5H,3,6-9H2,1H3. The minimum atomic E-state index is -0.150. The molecule has 0 bridgehead atoms. The van der Waals surface area contributed by atoms with Gasteiger partial charge in [0, 0.05) is 18.0 Å². The molecule has 3 heteroatoms. The van der Waals surface area contributed by atoms with Crippen LogP contribution in [0.3, 0.4) is 0 Å². The average molecular weight is 194 g/mol. The summed E-state index contributed by atoms with van der Waals surface area (Å²) in [5, 5.41) is 10.1. The second-order valence-corrected chi connectivity index (χ2v) is 3.19. The van der Waals surface area contributed by atoms with Gasteiger partial charge in [-0.2, -0.15) is 0 Å². The van der Waals surface area contributed by atoms with Crippen LogP contribution >= 0.6 is 0 Å². The molecule has 1 aromatic heterocycles. The first-order valence-electron chi connectivity index (χ1n) is 4.91. The molecule has 0 aromatic carbocycles. The van der Waals surface area contributed by atoms with E-state index in [0.717, 1.165) is 24.2 Å². The van der Waals surface area contributed by atoms with Gasteiger partial charge in [0.1, 0.15) is 6.61 Å². The van der Waals surface area contributed by atoms with Gasteiger partial charge >= 0.3 is 0 Å². The van der Waals surface area contributed by atoms with E-state index in [9.17, 15) is 5.11 Å². The molecule has 0 unspecified atom stereocenters. The Morgan fingerprint density at radius 2 is 2.21 bits per heavy atom. The first kappa shape index (κ1) is 11.1. The number of hydrogen-bond acceptors (Lipinski definition) is 2. The van der Waals surface area contributed by atoms with Gasteiger partial charge in [-0.05, 0) is 31.9 Å². The Hall–Kier alpha value is -0.930. The third-order valence-electron chi connectivity index (χ3n) is 1.90. The van der Waals surface area contributed by atoms with Crippen LogP contribution in [0.15, 0.2) is 18.2 Å². The van der Waals surface area contributed by atoms with E-state index < -0.39 is 0 Å². The summed E-state index contributed by atoms with van der Waals surface area (Å²) >= 11 is 0. The van der Waals surface area contributed by atoms with Crippen molar-refractivity contribution in [2.45, 2.75) is 19.8 Å². The van der Waals surface area contributed by atoms with Crippen molar-refractivity contribution in [1.29, 1.82) is 0 Å². The molecule has 1 aromatic rings. The lowest BCUT2D eigenvalue weighted by atomic mass is 10.2. The Bertz CT molecular complexity index is 263. The number of ether oxygens (including phenoxy) is 1. The molecule has 0 aliphatic carbocycles. The maximum absolute atomic E-state index is 10.1. The normalized spacial score (nSPS) is 10.4. The molecule has 0 N–H and O–H groups in total. The number of aromatic nitrogens is 1. The molecule has 14 heavy (non-hydrogen) atoms. The molecule has 0 amide bonds. The van der Waals surface area contributed by atoms with Gasteiger partial charge in [-0.25, -0.2) is 5.11 Å². The summed E-state index contributed by atoms with van der Waals surface area (Å²) in [7, 11) is 0. The third kappa shape index (κ3) is 4.35.